The fraction of sp³-hybridized carbons (Fsp3) is 0.500. The van der Waals surface area contributed by atoms with Crippen LogP contribution in [-0.4, -0.2) is 57.8 Å². The first-order valence-electron chi connectivity index (χ1n) is 10.5. The van der Waals surface area contributed by atoms with Crippen LogP contribution in [0.5, 0.6) is 0 Å². The van der Waals surface area contributed by atoms with Crippen molar-refractivity contribution in [3.63, 3.8) is 0 Å². The maximum atomic E-state index is 12.9. The Hall–Kier alpha value is -2.82. The molecule has 2 aliphatic rings. The Kier molecular flexibility index (Phi) is 5.80. The lowest BCUT2D eigenvalue weighted by molar-refractivity contribution is -0.137. The minimum absolute atomic E-state index is 0.0916. The lowest BCUT2D eigenvalue weighted by Crippen LogP contribution is -2.59. The molecule has 0 saturated carbocycles. The monoisotopic (exact) mass is 482 g/mol. The van der Waals surface area contributed by atoms with E-state index in [1.54, 1.807) is 41.3 Å². The first-order chi connectivity index (χ1) is 15.3. The van der Waals surface area contributed by atoms with E-state index in [2.05, 4.69) is 4.99 Å². The average Bonchev–Trinajstić information content (AvgIpc) is 3.20. The second-order valence-corrected chi connectivity index (χ2v) is 10.5. The Balaban J connectivity index is 1.50. The van der Waals surface area contributed by atoms with Gasteiger partial charge in [-0.2, -0.15) is 18.2 Å². The van der Waals surface area contributed by atoms with Crippen LogP contribution >= 0.6 is 11.3 Å². The molecule has 0 aliphatic carbocycles. The fourth-order valence-corrected chi connectivity index (χ4v) is 4.83. The van der Waals surface area contributed by atoms with E-state index in [1.807, 2.05) is 6.92 Å². The van der Waals surface area contributed by atoms with E-state index in [-0.39, 0.29) is 18.1 Å². The molecular weight excluding hydrogens is 457 g/mol. The third-order valence-electron chi connectivity index (χ3n) is 5.57. The molecule has 2 aromatic rings. The van der Waals surface area contributed by atoms with Gasteiger partial charge in [0.05, 0.1) is 11.6 Å². The Morgan fingerprint density at radius 3 is 2.36 bits per heavy atom. The highest BCUT2D eigenvalue weighted by Gasteiger charge is 2.50. The van der Waals surface area contributed by atoms with Gasteiger partial charge in [-0.05, 0) is 52.0 Å². The number of urea groups is 1. The molecule has 11 heteroatoms. The molecule has 2 saturated heterocycles. The van der Waals surface area contributed by atoms with Gasteiger partial charge >= 0.3 is 18.3 Å². The summed E-state index contributed by atoms with van der Waals surface area (Å²) >= 11 is 1.28. The number of alkyl halides is 3. The normalized spacial score (nSPS) is 21.1. The van der Waals surface area contributed by atoms with Gasteiger partial charge in [0.15, 0.2) is 4.80 Å². The summed E-state index contributed by atoms with van der Waals surface area (Å²) in [6.07, 6.45) is -3.07. The molecule has 2 atom stereocenters. The number of likely N-dealkylation sites (tertiary alicyclic amines) is 2. The van der Waals surface area contributed by atoms with Gasteiger partial charge < -0.3 is 14.5 Å². The fourth-order valence-electron chi connectivity index (χ4n) is 4.01. The zero-order valence-electron chi connectivity index (χ0n) is 18.7. The van der Waals surface area contributed by atoms with Crippen LogP contribution < -0.4 is 4.80 Å². The van der Waals surface area contributed by atoms with Crippen LogP contribution in [0.15, 0.2) is 35.5 Å². The minimum atomic E-state index is -4.42. The summed E-state index contributed by atoms with van der Waals surface area (Å²) in [4.78, 5) is 34.0. The van der Waals surface area contributed by atoms with Crippen LogP contribution in [0.25, 0.3) is 5.69 Å². The highest BCUT2D eigenvalue weighted by Crippen LogP contribution is 2.34. The van der Waals surface area contributed by atoms with Crippen molar-refractivity contribution in [3.8, 4) is 5.69 Å². The van der Waals surface area contributed by atoms with E-state index >= 15 is 0 Å². The van der Waals surface area contributed by atoms with E-state index in [0.717, 1.165) is 17.0 Å². The van der Waals surface area contributed by atoms with Crippen molar-refractivity contribution in [1.29, 1.82) is 0 Å². The van der Waals surface area contributed by atoms with E-state index < -0.39 is 23.4 Å². The van der Waals surface area contributed by atoms with Crippen molar-refractivity contribution >= 4 is 23.5 Å². The lowest BCUT2D eigenvalue weighted by atomic mass is 9.93. The van der Waals surface area contributed by atoms with Gasteiger partial charge in [0.2, 0.25) is 0 Å². The van der Waals surface area contributed by atoms with E-state index in [9.17, 15) is 22.8 Å². The second kappa shape index (κ2) is 8.19. The Morgan fingerprint density at radius 2 is 1.76 bits per heavy atom. The molecule has 0 unspecified atom stereocenters. The Bertz CT molecular complexity index is 1130. The summed E-state index contributed by atoms with van der Waals surface area (Å²) in [5.41, 5.74) is -0.846. The zero-order valence-corrected chi connectivity index (χ0v) is 19.5. The highest BCUT2D eigenvalue weighted by molar-refractivity contribution is 7.09. The maximum absolute atomic E-state index is 12.9. The lowest BCUT2D eigenvalue weighted by Gasteiger charge is -2.43. The van der Waals surface area contributed by atoms with Crippen LogP contribution in [-0.2, 0) is 10.9 Å². The third kappa shape index (κ3) is 4.92. The molecule has 2 fully saturated rings. The number of nitrogens with zero attached hydrogens (tertiary/aromatic N) is 4. The molecule has 0 spiro atoms. The third-order valence-corrected chi connectivity index (χ3v) is 6.47. The van der Waals surface area contributed by atoms with Crippen molar-refractivity contribution in [3.05, 3.63) is 45.7 Å². The Labute approximate surface area is 193 Å². The number of aryl methyl sites for hydroxylation is 1. The molecular formula is C22H25F3N4O3S. The predicted octanol–water partition coefficient (Wildman–Crippen LogP) is 4.44. The van der Waals surface area contributed by atoms with Gasteiger partial charge in [-0.1, -0.05) is 0 Å². The van der Waals surface area contributed by atoms with Gasteiger partial charge in [0.25, 0.3) is 0 Å². The van der Waals surface area contributed by atoms with Crippen molar-refractivity contribution < 1.29 is 27.5 Å². The molecule has 0 N–H and O–H groups in total. The first kappa shape index (κ1) is 23.3. The molecule has 0 radical (unpaired) electrons. The molecule has 1 aromatic carbocycles. The number of fused-ring (bicyclic) bond motifs is 1. The molecule has 178 valence electrons. The molecule has 3 heterocycles. The topological polar surface area (TPSA) is 67.1 Å². The minimum Gasteiger partial charge on any atom is -0.444 e. The first-order valence-corrected chi connectivity index (χ1v) is 11.3. The molecule has 7 nitrogen and oxygen atoms in total. The number of thiazole rings is 1. The zero-order chi connectivity index (χ0) is 24.1. The molecule has 0 bridgehead atoms. The summed E-state index contributed by atoms with van der Waals surface area (Å²) < 4.78 is 45.6. The second-order valence-electron chi connectivity index (χ2n) is 9.30. The quantitative estimate of drug-likeness (QED) is 0.604. The summed E-state index contributed by atoms with van der Waals surface area (Å²) in [6.45, 7) is 8.66. The van der Waals surface area contributed by atoms with E-state index in [0.29, 0.717) is 30.1 Å². The number of ether oxygens (including phenoxy) is 1. The number of aromatic nitrogens is 1. The Morgan fingerprint density at radius 1 is 1.09 bits per heavy atom. The summed E-state index contributed by atoms with van der Waals surface area (Å²) in [5, 5.41) is 0. The van der Waals surface area contributed by atoms with E-state index in [1.165, 1.54) is 23.5 Å². The van der Waals surface area contributed by atoms with Crippen molar-refractivity contribution in [2.24, 2.45) is 10.9 Å². The van der Waals surface area contributed by atoms with Crippen molar-refractivity contribution in [1.82, 2.24) is 14.4 Å². The smallest absolute Gasteiger partial charge is 0.416 e. The van der Waals surface area contributed by atoms with Crippen LogP contribution in [0.4, 0.5) is 22.8 Å². The molecule has 33 heavy (non-hydrogen) atoms. The summed E-state index contributed by atoms with van der Waals surface area (Å²) in [5.74, 6) is 0.184. The van der Waals surface area contributed by atoms with Crippen molar-refractivity contribution in [2.75, 3.05) is 19.6 Å². The highest BCUT2D eigenvalue weighted by atomic mass is 32.1. The van der Waals surface area contributed by atoms with Crippen LogP contribution in [0.1, 0.15) is 31.2 Å². The van der Waals surface area contributed by atoms with Crippen molar-refractivity contribution in [2.45, 2.75) is 45.5 Å². The molecule has 4 rings (SSSR count). The van der Waals surface area contributed by atoms with Gasteiger partial charge in [-0.3, -0.25) is 4.57 Å². The number of carbonyl (C=O) groups is 2. The average molecular weight is 483 g/mol. The number of amides is 3. The van der Waals surface area contributed by atoms with Crippen LogP contribution in [0, 0.1) is 12.8 Å². The number of carbonyl (C=O) groups excluding carboxylic acids is 2. The van der Waals surface area contributed by atoms with Gasteiger partial charge in [0, 0.05) is 42.3 Å². The summed E-state index contributed by atoms with van der Waals surface area (Å²) in [6, 6.07) is 4.19. The summed E-state index contributed by atoms with van der Waals surface area (Å²) in [7, 11) is 0. The largest absolute Gasteiger partial charge is 0.444 e. The van der Waals surface area contributed by atoms with Gasteiger partial charge in [-0.25, -0.2) is 9.59 Å². The maximum Gasteiger partial charge on any atom is 0.416 e. The van der Waals surface area contributed by atoms with Crippen LogP contribution in [0.3, 0.4) is 0 Å². The van der Waals surface area contributed by atoms with Gasteiger partial charge in [0.1, 0.15) is 5.60 Å². The SMILES string of the molecule is Cc1cn(-c2ccc(C(F)(F)F)cc2)c(=NC(=O)N2C[C@H]3CN(C(=O)OC(C)(C)C)[C@H]3C2)s1. The number of hydrogen-bond acceptors (Lipinski definition) is 4. The predicted molar refractivity (Wildman–Crippen MR) is 116 cm³/mol. The number of hydrogen-bond donors (Lipinski definition) is 0. The number of halogens is 3. The number of benzene rings is 1. The standard InChI is InChI=1S/C22H25F3N4O3S/c1-13-9-28(16-7-5-15(6-8-16)22(23,24)25)19(33-13)26-18(30)27-10-14-11-29(17(14)12-27)20(31)32-21(2,3)4/h5-9,14,17H,10-12H2,1-4H3/t14-,17-/m0/s1. The van der Waals surface area contributed by atoms with Gasteiger partial charge in [-0.15, -0.1) is 11.3 Å². The molecule has 3 amide bonds. The van der Waals surface area contributed by atoms with E-state index in [4.69, 9.17) is 4.74 Å². The van der Waals surface area contributed by atoms with Crippen LogP contribution in [0.2, 0.25) is 0 Å². The molecule has 1 aromatic heterocycles. The molecule has 2 aliphatic heterocycles. The number of rotatable bonds is 1.